The van der Waals surface area contributed by atoms with E-state index in [1.54, 1.807) is 6.07 Å². The van der Waals surface area contributed by atoms with Crippen molar-refractivity contribution in [1.29, 1.82) is 5.26 Å². The van der Waals surface area contributed by atoms with Crippen LogP contribution in [0.2, 0.25) is 0 Å². The number of aliphatic hydroxyl groups excluding tert-OH is 1. The Bertz CT molecular complexity index is 2030. The molecule has 0 radical (unpaired) electrons. The van der Waals surface area contributed by atoms with Gasteiger partial charge in [-0.2, -0.15) is 10.4 Å². The molecule has 1 aliphatic heterocycles. The first kappa shape index (κ1) is 45.1. The number of anilines is 1. The maximum absolute atomic E-state index is 13.2. The fourth-order valence-corrected chi connectivity index (χ4v) is 9.10. The number of unbranched alkanes of at least 4 members (excludes halogenated alkanes) is 15. The van der Waals surface area contributed by atoms with Gasteiger partial charge in [0.2, 0.25) is 5.60 Å². The van der Waals surface area contributed by atoms with Gasteiger partial charge in [0.15, 0.2) is 11.4 Å². The maximum Gasteiger partial charge on any atom is 0.472 e. The van der Waals surface area contributed by atoms with Crippen LogP contribution in [-0.2, 0) is 40.0 Å². The molecule has 59 heavy (non-hydrogen) atoms. The van der Waals surface area contributed by atoms with Crippen molar-refractivity contribution in [3.8, 4) is 6.07 Å². The SMILES string of the molecule is CCCCCCCCCCCCCCCCCCOC[C@H](COP(=O)(O)OC1[C@H]2O[C@@](C#N)(c3ccc4c(N)ncnn34)[C@H](O)[C@@]12O)OCc1ccc2ccccc2c1. The van der Waals surface area contributed by atoms with Crippen LogP contribution in [0.25, 0.3) is 16.3 Å². The van der Waals surface area contributed by atoms with E-state index in [-0.39, 0.29) is 31.3 Å². The largest absolute Gasteiger partial charge is 0.472 e. The minimum Gasteiger partial charge on any atom is -0.385 e. The Labute approximate surface area is 347 Å². The van der Waals surface area contributed by atoms with Crippen LogP contribution in [0.5, 0.6) is 0 Å². The fraction of sp³-hybridized carbons (Fsp3) is 0.614. The van der Waals surface area contributed by atoms with Crippen molar-refractivity contribution in [2.24, 2.45) is 0 Å². The van der Waals surface area contributed by atoms with Crippen LogP contribution in [0.4, 0.5) is 5.82 Å². The summed E-state index contributed by atoms with van der Waals surface area (Å²) in [6.45, 7) is 2.76. The van der Waals surface area contributed by atoms with Gasteiger partial charge in [-0.25, -0.2) is 14.1 Å². The van der Waals surface area contributed by atoms with Crippen LogP contribution < -0.4 is 5.73 Å². The minimum atomic E-state index is -4.84. The van der Waals surface area contributed by atoms with Gasteiger partial charge in [-0.1, -0.05) is 140 Å². The second kappa shape index (κ2) is 21.4. The molecule has 0 spiro atoms. The summed E-state index contributed by atoms with van der Waals surface area (Å²) in [6, 6.07) is 19.0. The summed E-state index contributed by atoms with van der Waals surface area (Å²) in [7, 11) is -4.84. The summed E-state index contributed by atoms with van der Waals surface area (Å²) >= 11 is 0. The van der Waals surface area contributed by atoms with Gasteiger partial charge in [0, 0.05) is 6.61 Å². The lowest BCUT2D eigenvalue weighted by Gasteiger charge is -2.29. The molecule has 1 aliphatic carbocycles. The zero-order valence-corrected chi connectivity index (χ0v) is 35.2. The van der Waals surface area contributed by atoms with Gasteiger partial charge < -0.3 is 35.1 Å². The zero-order chi connectivity index (χ0) is 41.7. The summed E-state index contributed by atoms with van der Waals surface area (Å²) in [4.78, 5) is 14.7. The van der Waals surface area contributed by atoms with E-state index in [1.807, 2.05) is 48.5 Å². The van der Waals surface area contributed by atoms with Crippen LogP contribution in [0, 0.1) is 11.3 Å². The van der Waals surface area contributed by atoms with Crippen LogP contribution in [0.1, 0.15) is 121 Å². The average molecular weight is 836 g/mol. The predicted octanol–water partition coefficient (Wildman–Crippen LogP) is 8.05. The first-order valence-electron chi connectivity index (χ1n) is 21.5. The van der Waals surface area contributed by atoms with Crippen molar-refractivity contribution in [2.45, 2.75) is 152 Å². The van der Waals surface area contributed by atoms with E-state index in [0.29, 0.717) is 12.1 Å². The number of benzene rings is 2. The van der Waals surface area contributed by atoms with Gasteiger partial charge in [0.05, 0.1) is 25.5 Å². The molecule has 14 nitrogen and oxygen atoms in total. The van der Waals surface area contributed by atoms with E-state index in [9.17, 15) is 24.9 Å². The zero-order valence-electron chi connectivity index (χ0n) is 34.3. The molecule has 4 aromatic rings. The summed E-state index contributed by atoms with van der Waals surface area (Å²) in [5, 5.41) is 39.2. The highest BCUT2D eigenvalue weighted by atomic mass is 31.2. The van der Waals surface area contributed by atoms with E-state index in [2.05, 4.69) is 17.0 Å². The number of nitriles is 1. The Morgan fingerprint density at radius 2 is 1.56 bits per heavy atom. The molecule has 5 N–H and O–H groups in total. The lowest BCUT2D eigenvalue weighted by Crippen LogP contribution is -2.47. The molecule has 0 amide bonds. The quantitative estimate of drug-likeness (QED) is 0.0316. The number of aliphatic hydroxyl groups is 2. The molecule has 2 aromatic heterocycles. The topological polar surface area (TPSA) is 204 Å². The molecule has 1 saturated heterocycles. The highest BCUT2D eigenvalue weighted by Crippen LogP contribution is 2.63. The molecular weight excluding hydrogens is 773 g/mol. The van der Waals surface area contributed by atoms with Crippen molar-refractivity contribution >= 4 is 29.9 Å². The Morgan fingerprint density at radius 3 is 2.19 bits per heavy atom. The van der Waals surface area contributed by atoms with E-state index in [1.165, 1.54) is 100 Å². The average Bonchev–Trinajstić information content (AvgIpc) is 3.47. The molecule has 6 rings (SSSR count). The number of rotatable bonds is 28. The first-order valence-corrected chi connectivity index (χ1v) is 23.0. The van der Waals surface area contributed by atoms with E-state index >= 15 is 0 Å². The van der Waals surface area contributed by atoms with Crippen LogP contribution in [-0.4, -0.2) is 79.5 Å². The van der Waals surface area contributed by atoms with Gasteiger partial charge >= 0.3 is 7.82 Å². The molecular formula is C44H62N5O9P. The number of nitrogen functional groups attached to an aromatic ring is 1. The third kappa shape index (κ3) is 11.3. The number of hydrogen-bond donors (Lipinski definition) is 4. The molecule has 3 heterocycles. The molecule has 2 aliphatic rings. The Morgan fingerprint density at radius 1 is 0.915 bits per heavy atom. The number of nitrogens with zero attached hydrogens (tertiary/aromatic N) is 4. The lowest BCUT2D eigenvalue weighted by atomic mass is 9.90. The summed E-state index contributed by atoms with van der Waals surface area (Å²) in [5.41, 5.74) is 3.07. The smallest absolute Gasteiger partial charge is 0.385 e. The molecule has 1 saturated carbocycles. The number of aromatic nitrogens is 3. The summed E-state index contributed by atoms with van der Waals surface area (Å²) in [5.74, 6) is 0.139. The number of hydrogen-bond acceptors (Lipinski definition) is 12. The van der Waals surface area contributed by atoms with Crippen molar-refractivity contribution in [3.05, 3.63) is 72.2 Å². The van der Waals surface area contributed by atoms with Crippen LogP contribution >= 0.6 is 7.82 Å². The molecule has 0 bridgehead atoms. The highest BCUT2D eigenvalue weighted by Gasteiger charge is 2.83. The number of phosphoric acid groups is 1. The Hall–Kier alpha value is -3.48. The maximum atomic E-state index is 13.2. The molecule has 15 heteroatoms. The second-order valence-electron chi connectivity index (χ2n) is 16.1. The monoisotopic (exact) mass is 835 g/mol. The third-order valence-electron chi connectivity index (χ3n) is 11.7. The lowest BCUT2D eigenvalue weighted by molar-refractivity contribution is -0.107. The standard InChI is InChI=1S/C44H62N5O9P/c1-2-3-4-5-6-7-8-9-10-11-12-13-14-15-16-19-26-54-29-36(55-28-33-22-23-34-20-17-18-21-35(34)27-33)30-56-59(52,53)58-40-39-44(40,51)42(50)43(31-45,57-39)38-25-24-37-41(46)47-32-48-49(37)38/h17-18,20-25,27,32,36,39-40,42,50-51H,2-16,19,26,28-30H2,1H3,(H,52,53)(H2,46,47,48)/t36-,39-,40?,42+,43+,44+/m1/s1. The first-order chi connectivity index (χ1) is 28.6. The predicted molar refractivity (Wildman–Crippen MR) is 224 cm³/mol. The normalized spacial score (nSPS) is 23.9. The molecule has 7 atom stereocenters. The van der Waals surface area contributed by atoms with Gasteiger partial charge in [-0.05, 0) is 41.0 Å². The summed E-state index contributed by atoms with van der Waals surface area (Å²) in [6.07, 6.45) is 16.4. The van der Waals surface area contributed by atoms with Crippen molar-refractivity contribution in [1.82, 2.24) is 14.6 Å². The van der Waals surface area contributed by atoms with Gasteiger partial charge in [0.1, 0.15) is 42.3 Å². The fourth-order valence-electron chi connectivity index (χ4n) is 8.11. The van der Waals surface area contributed by atoms with E-state index in [4.69, 9.17) is 29.0 Å². The number of fused-ring (bicyclic) bond motifs is 3. The van der Waals surface area contributed by atoms with Crippen LogP contribution in [0.15, 0.2) is 60.9 Å². The van der Waals surface area contributed by atoms with Crippen LogP contribution in [0.3, 0.4) is 0 Å². The molecule has 2 aromatic carbocycles. The summed E-state index contributed by atoms with van der Waals surface area (Å²) < 4.78 is 43.3. The van der Waals surface area contributed by atoms with Gasteiger partial charge in [0.25, 0.3) is 0 Å². The second-order valence-corrected chi connectivity index (χ2v) is 17.5. The van der Waals surface area contributed by atoms with E-state index in [0.717, 1.165) is 35.6 Å². The third-order valence-corrected chi connectivity index (χ3v) is 12.6. The number of nitrogens with two attached hydrogens (primary N) is 1. The Kier molecular flexibility index (Phi) is 16.3. The van der Waals surface area contributed by atoms with Gasteiger partial charge in [-0.3, -0.25) is 9.05 Å². The molecule has 322 valence electrons. The number of phosphoric ester groups is 1. The Balaban J connectivity index is 0.935. The van der Waals surface area contributed by atoms with Crippen molar-refractivity contribution in [2.75, 3.05) is 25.6 Å². The number of ether oxygens (including phenoxy) is 3. The molecule has 2 fully saturated rings. The van der Waals surface area contributed by atoms with Gasteiger partial charge in [-0.15, -0.1) is 0 Å². The van der Waals surface area contributed by atoms with E-state index < -0.39 is 43.4 Å². The minimum absolute atomic E-state index is 0.102. The molecule has 2 unspecified atom stereocenters. The van der Waals surface area contributed by atoms with Crippen molar-refractivity contribution in [3.63, 3.8) is 0 Å². The highest BCUT2D eigenvalue weighted by molar-refractivity contribution is 7.47. The van der Waals surface area contributed by atoms with Crippen molar-refractivity contribution < 1.29 is 42.9 Å².